The summed E-state index contributed by atoms with van der Waals surface area (Å²) in [5.41, 5.74) is 2.97. The van der Waals surface area contributed by atoms with Gasteiger partial charge in [0.2, 0.25) is 0 Å². The first kappa shape index (κ1) is 11.2. The largest absolute Gasteiger partial charge is 0.390 e. The second-order valence-electron chi connectivity index (χ2n) is 2.64. The Morgan fingerprint density at radius 2 is 2.27 bits per heavy atom. The van der Waals surface area contributed by atoms with Gasteiger partial charge in [0.15, 0.2) is 0 Å². The normalized spacial score (nSPS) is 10.7. The predicted octanol–water partition coefficient (Wildman–Crippen LogP) is 1.00. The fraction of sp³-hybridized carbons (Fsp3) is 0.286. The predicted molar refractivity (Wildman–Crippen MR) is 46.2 cm³/mol. The van der Waals surface area contributed by atoms with Crippen LogP contribution in [0.2, 0.25) is 0 Å². The first-order chi connectivity index (χ1) is 6.97. The van der Waals surface area contributed by atoms with Crippen molar-refractivity contribution in [1.29, 1.82) is 0 Å². The summed E-state index contributed by atoms with van der Waals surface area (Å²) in [6.07, 6.45) is -3.08. The SMILES string of the molecule is Nc1cc([N+](=O)[O-])c(C(F)F)c(CO)n1. The number of aliphatic hydroxyl groups is 1. The van der Waals surface area contributed by atoms with Crippen LogP contribution in [0.4, 0.5) is 20.3 Å². The van der Waals surface area contributed by atoms with E-state index in [4.69, 9.17) is 10.8 Å². The van der Waals surface area contributed by atoms with E-state index in [1.165, 1.54) is 0 Å². The van der Waals surface area contributed by atoms with Gasteiger partial charge in [-0.15, -0.1) is 0 Å². The van der Waals surface area contributed by atoms with E-state index in [0.717, 1.165) is 6.07 Å². The number of anilines is 1. The minimum absolute atomic E-state index is 0.282. The molecule has 6 nitrogen and oxygen atoms in total. The molecule has 0 bridgehead atoms. The summed E-state index contributed by atoms with van der Waals surface area (Å²) in [5.74, 6) is -0.282. The van der Waals surface area contributed by atoms with Gasteiger partial charge >= 0.3 is 0 Å². The van der Waals surface area contributed by atoms with E-state index < -0.39 is 34.9 Å². The lowest BCUT2D eigenvalue weighted by Crippen LogP contribution is -2.06. The van der Waals surface area contributed by atoms with Crippen LogP contribution < -0.4 is 5.73 Å². The molecule has 8 heteroatoms. The number of hydrogen-bond donors (Lipinski definition) is 2. The number of hydrogen-bond acceptors (Lipinski definition) is 5. The van der Waals surface area contributed by atoms with Gasteiger partial charge in [-0.25, -0.2) is 13.8 Å². The molecule has 0 unspecified atom stereocenters. The van der Waals surface area contributed by atoms with Crippen LogP contribution in [0, 0.1) is 10.1 Å². The van der Waals surface area contributed by atoms with E-state index in [9.17, 15) is 18.9 Å². The Hall–Kier alpha value is -1.83. The third kappa shape index (κ3) is 2.15. The van der Waals surface area contributed by atoms with Gasteiger partial charge in [-0.05, 0) is 0 Å². The van der Waals surface area contributed by atoms with Gasteiger partial charge in [0.1, 0.15) is 11.4 Å². The van der Waals surface area contributed by atoms with Gasteiger partial charge in [0, 0.05) is 0 Å². The van der Waals surface area contributed by atoms with Crippen LogP contribution in [0.25, 0.3) is 0 Å². The molecule has 0 fully saturated rings. The number of nitrogens with zero attached hydrogens (tertiary/aromatic N) is 2. The number of aromatic nitrogens is 1. The summed E-state index contributed by atoms with van der Waals surface area (Å²) in [6.45, 7) is -0.828. The Bertz CT molecular complexity index is 397. The number of nitrogen functional groups attached to an aromatic ring is 1. The highest BCUT2D eigenvalue weighted by Gasteiger charge is 2.27. The Labute approximate surface area is 82.5 Å². The summed E-state index contributed by atoms with van der Waals surface area (Å²) >= 11 is 0. The molecule has 0 aliphatic rings. The van der Waals surface area contributed by atoms with Gasteiger partial charge in [0.05, 0.1) is 23.3 Å². The lowest BCUT2D eigenvalue weighted by Gasteiger charge is -2.07. The van der Waals surface area contributed by atoms with E-state index >= 15 is 0 Å². The second-order valence-corrected chi connectivity index (χ2v) is 2.64. The van der Waals surface area contributed by atoms with Crippen molar-refractivity contribution in [2.75, 3.05) is 5.73 Å². The molecule has 0 spiro atoms. The molecular formula is C7H7F2N3O3. The third-order valence-corrected chi connectivity index (χ3v) is 1.70. The molecule has 0 saturated heterocycles. The fourth-order valence-corrected chi connectivity index (χ4v) is 1.12. The van der Waals surface area contributed by atoms with Crippen molar-refractivity contribution in [3.8, 4) is 0 Å². The standard InChI is InChI=1S/C7H7F2N3O3/c8-7(9)6-3(2-13)11-5(10)1-4(6)12(14)15/h1,7,13H,2H2,(H2,10,11). The summed E-state index contributed by atoms with van der Waals surface area (Å²) in [5, 5.41) is 19.2. The van der Waals surface area contributed by atoms with Crippen LogP contribution in [-0.2, 0) is 6.61 Å². The molecule has 0 saturated carbocycles. The molecule has 1 aromatic heterocycles. The quantitative estimate of drug-likeness (QED) is 0.583. The summed E-state index contributed by atoms with van der Waals surface area (Å²) in [7, 11) is 0. The third-order valence-electron chi connectivity index (χ3n) is 1.70. The van der Waals surface area contributed by atoms with E-state index in [1.807, 2.05) is 0 Å². The van der Waals surface area contributed by atoms with Crippen LogP contribution in [0.5, 0.6) is 0 Å². The molecule has 0 radical (unpaired) electrons. The highest BCUT2D eigenvalue weighted by Crippen LogP contribution is 2.32. The Kier molecular flexibility index (Phi) is 3.10. The van der Waals surface area contributed by atoms with Gasteiger partial charge < -0.3 is 10.8 Å². The molecule has 1 rings (SSSR count). The lowest BCUT2D eigenvalue weighted by molar-refractivity contribution is -0.386. The summed E-state index contributed by atoms with van der Waals surface area (Å²) in [4.78, 5) is 12.9. The number of nitro groups is 1. The van der Waals surface area contributed by atoms with Crippen molar-refractivity contribution >= 4 is 11.5 Å². The van der Waals surface area contributed by atoms with Crippen molar-refractivity contribution in [3.63, 3.8) is 0 Å². The molecular weight excluding hydrogens is 212 g/mol. The van der Waals surface area contributed by atoms with Crippen LogP contribution in [0.15, 0.2) is 6.07 Å². The highest BCUT2D eigenvalue weighted by molar-refractivity contribution is 5.51. The van der Waals surface area contributed by atoms with E-state index in [-0.39, 0.29) is 5.82 Å². The monoisotopic (exact) mass is 219 g/mol. The molecule has 0 atom stereocenters. The minimum atomic E-state index is -3.08. The minimum Gasteiger partial charge on any atom is -0.390 e. The molecule has 1 heterocycles. The molecule has 15 heavy (non-hydrogen) atoms. The van der Waals surface area contributed by atoms with E-state index in [0.29, 0.717) is 0 Å². The Morgan fingerprint density at radius 1 is 1.67 bits per heavy atom. The zero-order chi connectivity index (χ0) is 11.6. The zero-order valence-corrected chi connectivity index (χ0v) is 7.35. The average Bonchev–Trinajstić information content (AvgIpc) is 2.15. The van der Waals surface area contributed by atoms with Crippen LogP contribution >= 0.6 is 0 Å². The average molecular weight is 219 g/mol. The zero-order valence-electron chi connectivity index (χ0n) is 7.35. The smallest absolute Gasteiger partial charge is 0.283 e. The van der Waals surface area contributed by atoms with Gasteiger partial charge in [-0.2, -0.15) is 0 Å². The van der Waals surface area contributed by atoms with Gasteiger partial charge in [-0.3, -0.25) is 10.1 Å². The number of rotatable bonds is 3. The van der Waals surface area contributed by atoms with Crippen molar-refractivity contribution in [2.24, 2.45) is 0 Å². The number of alkyl halides is 2. The highest BCUT2D eigenvalue weighted by atomic mass is 19.3. The topological polar surface area (TPSA) is 102 Å². The van der Waals surface area contributed by atoms with Gasteiger partial charge in [0.25, 0.3) is 12.1 Å². The number of nitrogens with two attached hydrogens (primary N) is 1. The molecule has 82 valence electrons. The number of halogens is 2. The van der Waals surface area contributed by atoms with Crippen molar-refractivity contribution in [3.05, 3.63) is 27.4 Å². The maximum absolute atomic E-state index is 12.5. The van der Waals surface area contributed by atoms with Gasteiger partial charge in [-0.1, -0.05) is 0 Å². The fourth-order valence-electron chi connectivity index (χ4n) is 1.12. The molecule has 0 aliphatic heterocycles. The summed E-state index contributed by atoms with van der Waals surface area (Å²) < 4.78 is 24.9. The van der Waals surface area contributed by atoms with E-state index in [1.54, 1.807) is 0 Å². The maximum atomic E-state index is 12.5. The molecule has 0 aliphatic carbocycles. The Morgan fingerprint density at radius 3 is 2.67 bits per heavy atom. The summed E-state index contributed by atoms with van der Waals surface area (Å²) in [6, 6.07) is 0.737. The Balaban J connectivity index is 3.47. The van der Waals surface area contributed by atoms with Crippen molar-refractivity contribution in [2.45, 2.75) is 13.0 Å². The van der Waals surface area contributed by atoms with E-state index in [2.05, 4.69) is 4.98 Å². The maximum Gasteiger partial charge on any atom is 0.283 e. The lowest BCUT2D eigenvalue weighted by atomic mass is 10.1. The number of aliphatic hydroxyl groups excluding tert-OH is 1. The van der Waals surface area contributed by atoms with Crippen LogP contribution in [0.3, 0.4) is 0 Å². The molecule has 3 N–H and O–H groups in total. The first-order valence-electron chi connectivity index (χ1n) is 3.80. The second kappa shape index (κ2) is 4.13. The van der Waals surface area contributed by atoms with Crippen LogP contribution in [-0.4, -0.2) is 15.0 Å². The van der Waals surface area contributed by atoms with Crippen molar-refractivity contribution < 1.29 is 18.8 Å². The molecule has 0 amide bonds. The first-order valence-corrected chi connectivity index (χ1v) is 3.80. The molecule has 1 aromatic rings. The number of pyridine rings is 1. The van der Waals surface area contributed by atoms with Crippen LogP contribution in [0.1, 0.15) is 17.7 Å². The molecule has 0 aromatic carbocycles. The van der Waals surface area contributed by atoms with Crippen molar-refractivity contribution in [1.82, 2.24) is 4.98 Å².